The van der Waals surface area contributed by atoms with E-state index < -0.39 is 4.92 Å². The summed E-state index contributed by atoms with van der Waals surface area (Å²) in [7, 11) is 1.70. The highest BCUT2D eigenvalue weighted by Gasteiger charge is 2.30. The highest BCUT2D eigenvalue weighted by Crippen LogP contribution is 2.34. The Morgan fingerprint density at radius 1 is 1.50 bits per heavy atom. The van der Waals surface area contributed by atoms with E-state index in [2.05, 4.69) is 15.9 Å². The predicted octanol–water partition coefficient (Wildman–Crippen LogP) is 3.15. The molecule has 0 aromatic heterocycles. The van der Waals surface area contributed by atoms with Crippen LogP contribution < -0.4 is 0 Å². The first-order chi connectivity index (χ1) is 9.38. The second-order valence-corrected chi connectivity index (χ2v) is 6.69. The van der Waals surface area contributed by atoms with Gasteiger partial charge < -0.3 is 4.90 Å². The van der Waals surface area contributed by atoms with Crippen molar-refractivity contribution in [3.8, 4) is 0 Å². The number of halogens is 1. The van der Waals surface area contributed by atoms with Crippen molar-refractivity contribution in [2.45, 2.75) is 24.6 Å². The molecule has 1 saturated carbocycles. The zero-order valence-corrected chi connectivity index (χ0v) is 13.1. The number of nitro benzene ring substituents is 1. The smallest absolute Gasteiger partial charge is 0.282 e. The summed E-state index contributed by atoms with van der Waals surface area (Å²) in [6.45, 7) is 2.47. The number of hydrogen-bond donors (Lipinski definition) is 0. The summed E-state index contributed by atoms with van der Waals surface area (Å²) in [5.74, 6) is 0.204. The number of alkyl halides is 1. The van der Waals surface area contributed by atoms with E-state index in [1.807, 2.05) is 6.92 Å². The molecule has 0 spiro atoms. The Morgan fingerprint density at radius 3 is 2.70 bits per heavy atom. The van der Waals surface area contributed by atoms with E-state index in [1.165, 1.54) is 6.07 Å². The van der Waals surface area contributed by atoms with E-state index in [1.54, 1.807) is 24.1 Å². The van der Waals surface area contributed by atoms with Crippen LogP contribution in [0.1, 0.15) is 28.8 Å². The van der Waals surface area contributed by atoms with Crippen LogP contribution in [0.2, 0.25) is 0 Å². The van der Waals surface area contributed by atoms with Gasteiger partial charge in [-0.25, -0.2) is 0 Å². The lowest BCUT2D eigenvalue weighted by Crippen LogP contribution is -2.38. The Labute approximate surface area is 126 Å². The molecule has 0 bridgehead atoms. The molecule has 1 fully saturated rings. The Bertz CT molecular complexity index is 541. The predicted molar refractivity (Wildman–Crippen MR) is 80.2 cm³/mol. The van der Waals surface area contributed by atoms with Gasteiger partial charge in [-0.2, -0.15) is 0 Å². The van der Waals surface area contributed by atoms with Gasteiger partial charge in [0.2, 0.25) is 0 Å². The van der Waals surface area contributed by atoms with Crippen molar-refractivity contribution in [3.05, 3.63) is 39.4 Å². The quantitative estimate of drug-likeness (QED) is 0.480. The van der Waals surface area contributed by atoms with Crippen LogP contribution in [-0.2, 0) is 0 Å². The van der Waals surface area contributed by atoms with Crippen LogP contribution in [0.15, 0.2) is 18.2 Å². The van der Waals surface area contributed by atoms with Crippen LogP contribution >= 0.6 is 15.9 Å². The number of carbonyl (C=O) groups is 1. The van der Waals surface area contributed by atoms with Crippen LogP contribution in [-0.4, -0.2) is 34.2 Å². The number of nitrogens with zero attached hydrogens (tertiary/aromatic N) is 2. The van der Waals surface area contributed by atoms with Gasteiger partial charge in [0, 0.05) is 24.5 Å². The van der Waals surface area contributed by atoms with Crippen LogP contribution in [0.5, 0.6) is 0 Å². The molecule has 1 aromatic carbocycles. The van der Waals surface area contributed by atoms with Crippen molar-refractivity contribution in [3.63, 3.8) is 0 Å². The first-order valence-electron chi connectivity index (χ1n) is 6.53. The average Bonchev–Trinajstić information content (AvgIpc) is 2.35. The molecule has 1 aliphatic carbocycles. The monoisotopic (exact) mass is 340 g/mol. The molecule has 1 aliphatic rings. The van der Waals surface area contributed by atoms with Crippen LogP contribution in [0.4, 0.5) is 5.69 Å². The van der Waals surface area contributed by atoms with Crippen molar-refractivity contribution in [1.82, 2.24) is 4.90 Å². The molecule has 0 atom stereocenters. The Morgan fingerprint density at radius 2 is 2.15 bits per heavy atom. The van der Waals surface area contributed by atoms with Gasteiger partial charge in [-0.1, -0.05) is 22.0 Å². The normalized spacial score (nSPS) is 21.1. The van der Waals surface area contributed by atoms with Gasteiger partial charge in [0.15, 0.2) is 0 Å². The topological polar surface area (TPSA) is 63.5 Å². The molecule has 0 heterocycles. The van der Waals surface area contributed by atoms with Gasteiger partial charge >= 0.3 is 0 Å². The lowest BCUT2D eigenvalue weighted by Gasteiger charge is -2.34. The molecule has 5 nitrogen and oxygen atoms in total. The number of benzene rings is 1. The first-order valence-corrected chi connectivity index (χ1v) is 7.44. The van der Waals surface area contributed by atoms with Crippen molar-refractivity contribution >= 4 is 27.5 Å². The third-order valence-electron chi connectivity index (χ3n) is 3.64. The second kappa shape index (κ2) is 5.91. The third kappa shape index (κ3) is 3.17. The number of amides is 1. The fourth-order valence-corrected chi connectivity index (χ4v) is 3.52. The molecule has 0 unspecified atom stereocenters. The van der Waals surface area contributed by atoms with E-state index >= 15 is 0 Å². The standard InChI is InChI=1S/C14H17BrN2O3/c1-9-3-4-13(17(19)20)12(5-9)14(18)16(2)8-10-6-11(15)7-10/h3-5,10-11H,6-8H2,1-2H3. The highest BCUT2D eigenvalue weighted by molar-refractivity contribution is 9.09. The molecule has 6 heteroatoms. The maximum atomic E-state index is 12.4. The van der Waals surface area contributed by atoms with Gasteiger partial charge in [-0.05, 0) is 37.3 Å². The number of rotatable bonds is 4. The molecule has 20 heavy (non-hydrogen) atoms. The average molecular weight is 341 g/mol. The largest absolute Gasteiger partial charge is 0.341 e. The molecule has 0 saturated heterocycles. The first kappa shape index (κ1) is 15.0. The fourth-order valence-electron chi connectivity index (χ4n) is 2.46. The Kier molecular flexibility index (Phi) is 4.42. The third-order valence-corrected chi connectivity index (χ3v) is 4.38. The maximum Gasteiger partial charge on any atom is 0.282 e. The number of hydrogen-bond acceptors (Lipinski definition) is 3. The maximum absolute atomic E-state index is 12.4. The van der Waals surface area contributed by atoms with Gasteiger partial charge in [0.05, 0.1) is 4.92 Å². The Balaban J connectivity index is 2.15. The van der Waals surface area contributed by atoms with Gasteiger partial charge in [-0.3, -0.25) is 14.9 Å². The van der Waals surface area contributed by atoms with E-state index in [9.17, 15) is 14.9 Å². The molecular weight excluding hydrogens is 324 g/mol. The summed E-state index contributed by atoms with van der Waals surface area (Å²) < 4.78 is 0. The lowest BCUT2D eigenvalue weighted by atomic mass is 9.85. The van der Waals surface area contributed by atoms with E-state index in [0.717, 1.165) is 18.4 Å². The molecule has 1 amide bonds. The van der Waals surface area contributed by atoms with Crippen LogP contribution in [0.25, 0.3) is 0 Å². The summed E-state index contributed by atoms with van der Waals surface area (Å²) in [4.78, 5) is 25.0. The number of nitro groups is 1. The van der Waals surface area contributed by atoms with Crippen molar-refractivity contribution in [2.75, 3.05) is 13.6 Å². The molecule has 0 radical (unpaired) electrons. The number of carbonyl (C=O) groups excluding carboxylic acids is 1. The molecular formula is C14H17BrN2O3. The van der Waals surface area contributed by atoms with Crippen molar-refractivity contribution < 1.29 is 9.72 Å². The summed E-state index contributed by atoms with van der Waals surface area (Å²) in [5.41, 5.74) is 0.892. The molecule has 0 N–H and O–H groups in total. The van der Waals surface area contributed by atoms with Crippen molar-refractivity contribution in [2.24, 2.45) is 5.92 Å². The Hall–Kier alpha value is -1.43. The van der Waals surface area contributed by atoms with Crippen LogP contribution in [0, 0.1) is 23.0 Å². The minimum atomic E-state index is -0.502. The van der Waals surface area contributed by atoms with E-state index in [-0.39, 0.29) is 17.2 Å². The fraction of sp³-hybridized carbons (Fsp3) is 0.500. The number of aryl methyl sites for hydroxylation is 1. The molecule has 0 aliphatic heterocycles. The van der Waals surface area contributed by atoms with E-state index in [0.29, 0.717) is 17.3 Å². The molecule has 1 aromatic rings. The summed E-state index contributed by atoms with van der Waals surface area (Å²) >= 11 is 3.52. The van der Waals surface area contributed by atoms with Gasteiger partial charge in [-0.15, -0.1) is 0 Å². The van der Waals surface area contributed by atoms with Crippen molar-refractivity contribution in [1.29, 1.82) is 0 Å². The molecule has 2 rings (SSSR count). The summed E-state index contributed by atoms with van der Waals surface area (Å²) in [5, 5.41) is 11.0. The van der Waals surface area contributed by atoms with Crippen LogP contribution in [0.3, 0.4) is 0 Å². The minimum Gasteiger partial charge on any atom is -0.341 e. The zero-order chi connectivity index (χ0) is 14.9. The highest BCUT2D eigenvalue weighted by atomic mass is 79.9. The zero-order valence-electron chi connectivity index (χ0n) is 11.5. The SMILES string of the molecule is Cc1ccc([N+](=O)[O-])c(C(=O)N(C)CC2CC(Br)C2)c1. The lowest BCUT2D eigenvalue weighted by molar-refractivity contribution is -0.385. The molecule has 108 valence electrons. The van der Waals surface area contributed by atoms with E-state index in [4.69, 9.17) is 0 Å². The minimum absolute atomic E-state index is 0.126. The summed E-state index contributed by atoms with van der Waals surface area (Å²) in [6, 6.07) is 4.63. The van der Waals surface area contributed by atoms with Gasteiger partial charge in [0.1, 0.15) is 5.56 Å². The van der Waals surface area contributed by atoms with Gasteiger partial charge in [0.25, 0.3) is 11.6 Å². The second-order valence-electron chi connectivity index (χ2n) is 5.40. The summed E-state index contributed by atoms with van der Waals surface area (Å²) in [6.07, 6.45) is 2.10.